The van der Waals surface area contributed by atoms with Crippen LogP contribution in [0, 0.1) is 0 Å². The topological polar surface area (TPSA) is 84.9 Å². The van der Waals surface area contributed by atoms with Gasteiger partial charge in [0.05, 0.1) is 18.0 Å². The van der Waals surface area contributed by atoms with Gasteiger partial charge in [-0.2, -0.15) is 0 Å². The Hall–Kier alpha value is -2.68. The maximum Gasteiger partial charge on any atom is 0.265 e. The van der Waals surface area contributed by atoms with E-state index in [-0.39, 0.29) is 17.3 Å². The van der Waals surface area contributed by atoms with E-state index in [9.17, 15) is 13.2 Å². The third kappa shape index (κ3) is 4.89. The number of hydrogen-bond acceptors (Lipinski definition) is 5. The molecular formula is C22H26N2O5S. The molecule has 2 aromatic carbocycles. The highest BCUT2D eigenvalue weighted by molar-refractivity contribution is 7.89. The van der Waals surface area contributed by atoms with Crippen LogP contribution < -0.4 is 10.1 Å². The fourth-order valence-corrected chi connectivity index (χ4v) is 4.41. The minimum Gasteiger partial charge on any atom is -0.494 e. The van der Waals surface area contributed by atoms with Crippen molar-refractivity contribution in [1.29, 1.82) is 0 Å². The number of amides is 1. The Morgan fingerprint density at radius 3 is 2.37 bits per heavy atom. The Morgan fingerprint density at radius 2 is 1.80 bits per heavy atom. The third-order valence-electron chi connectivity index (χ3n) is 4.71. The molecule has 1 unspecified atom stereocenters. The first-order valence-electron chi connectivity index (χ1n) is 9.84. The van der Waals surface area contributed by atoms with Crippen LogP contribution in [0.15, 0.2) is 65.1 Å². The number of ether oxygens (including phenoxy) is 1. The van der Waals surface area contributed by atoms with E-state index in [4.69, 9.17) is 9.57 Å². The Labute approximate surface area is 177 Å². The van der Waals surface area contributed by atoms with Gasteiger partial charge < -0.3 is 10.1 Å². The Morgan fingerprint density at radius 1 is 1.13 bits per heavy atom. The van der Waals surface area contributed by atoms with Gasteiger partial charge in [-0.05, 0) is 60.9 Å². The van der Waals surface area contributed by atoms with Gasteiger partial charge in [-0.15, -0.1) is 0 Å². The number of anilines is 1. The van der Waals surface area contributed by atoms with Crippen molar-refractivity contribution >= 4 is 21.6 Å². The first-order valence-corrected chi connectivity index (χ1v) is 11.3. The molecule has 1 aliphatic rings. The van der Waals surface area contributed by atoms with Gasteiger partial charge >= 0.3 is 0 Å². The zero-order valence-corrected chi connectivity index (χ0v) is 18.1. The van der Waals surface area contributed by atoms with Crippen LogP contribution in [0.1, 0.15) is 38.9 Å². The molecular weight excluding hydrogens is 404 g/mol. The molecule has 0 bridgehead atoms. The van der Waals surface area contributed by atoms with Gasteiger partial charge in [-0.1, -0.05) is 29.6 Å². The number of carbonyl (C=O) groups excluding carboxylic acids is 1. The summed E-state index contributed by atoms with van der Waals surface area (Å²) in [6.45, 7) is 6.03. The molecule has 0 saturated carbocycles. The van der Waals surface area contributed by atoms with E-state index in [0.29, 0.717) is 12.3 Å². The molecule has 1 amide bonds. The molecule has 0 radical (unpaired) electrons. The van der Waals surface area contributed by atoms with Crippen molar-refractivity contribution in [1.82, 2.24) is 4.47 Å². The molecule has 2 aromatic rings. The molecule has 3 rings (SSSR count). The standard InChI is InChI=1S/C22H26N2O5S/c1-4-17-14-15-24(29-22(17)18-6-10-20(11-7-18)28-5-2)30(26,27)21-12-8-19(9-13-21)23-16(3)25/h6-14,22H,4-5,15H2,1-3H3,(H,23,25). The number of rotatable bonds is 7. The molecule has 1 atom stereocenters. The predicted octanol–water partition coefficient (Wildman–Crippen LogP) is 4.06. The molecule has 30 heavy (non-hydrogen) atoms. The molecule has 0 fully saturated rings. The molecule has 1 N–H and O–H groups in total. The lowest BCUT2D eigenvalue weighted by atomic mass is 9.98. The van der Waals surface area contributed by atoms with E-state index in [1.54, 1.807) is 12.1 Å². The summed E-state index contributed by atoms with van der Waals surface area (Å²) in [5.74, 6) is 0.531. The van der Waals surface area contributed by atoms with Gasteiger partial charge in [0.15, 0.2) is 0 Å². The van der Waals surface area contributed by atoms with Gasteiger partial charge in [0, 0.05) is 12.6 Å². The largest absolute Gasteiger partial charge is 0.494 e. The van der Waals surface area contributed by atoms with Crippen LogP contribution in [-0.2, 0) is 19.7 Å². The van der Waals surface area contributed by atoms with E-state index in [1.165, 1.54) is 19.1 Å². The monoisotopic (exact) mass is 430 g/mol. The normalized spacial score (nSPS) is 17.3. The Balaban J connectivity index is 1.84. The first-order chi connectivity index (χ1) is 14.3. The van der Waals surface area contributed by atoms with Gasteiger partial charge in [0.25, 0.3) is 10.0 Å². The summed E-state index contributed by atoms with van der Waals surface area (Å²) in [6.07, 6.45) is 2.15. The van der Waals surface area contributed by atoms with Crippen molar-refractivity contribution in [2.75, 3.05) is 18.5 Å². The number of benzene rings is 2. The predicted molar refractivity (Wildman–Crippen MR) is 114 cm³/mol. The summed E-state index contributed by atoms with van der Waals surface area (Å²) in [7, 11) is -3.87. The van der Waals surface area contributed by atoms with E-state index in [2.05, 4.69) is 5.32 Å². The summed E-state index contributed by atoms with van der Waals surface area (Å²) >= 11 is 0. The highest BCUT2D eigenvalue weighted by Crippen LogP contribution is 2.35. The van der Waals surface area contributed by atoms with Gasteiger partial charge in [0.1, 0.15) is 11.9 Å². The Bertz CT molecular complexity index is 1010. The number of hydrogen-bond donors (Lipinski definition) is 1. The van der Waals surface area contributed by atoms with E-state index < -0.39 is 16.1 Å². The summed E-state index contributed by atoms with van der Waals surface area (Å²) < 4.78 is 32.7. The molecule has 160 valence electrons. The average Bonchev–Trinajstić information content (AvgIpc) is 2.74. The highest BCUT2D eigenvalue weighted by atomic mass is 32.2. The number of nitrogens with zero attached hydrogens (tertiary/aromatic N) is 1. The second-order valence-electron chi connectivity index (χ2n) is 6.82. The summed E-state index contributed by atoms with van der Waals surface area (Å²) in [4.78, 5) is 17.2. The van der Waals surface area contributed by atoms with Crippen molar-refractivity contribution in [2.24, 2.45) is 0 Å². The van der Waals surface area contributed by atoms with Crippen LogP contribution in [-0.4, -0.2) is 31.9 Å². The van der Waals surface area contributed by atoms with Gasteiger partial charge in [-0.3, -0.25) is 9.63 Å². The molecule has 1 aliphatic heterocycles. The fraction of sp³-hybridized carbons (Fsp3) is 0.318. The molecule has 1 heterocycles. The Kier molecular flexibility index (Phi) is 6.91. The maximum atomic E-state index is 13.1. The first kappa shape index (κ1) is 22.0. The lowest BCUT2D eigenvalue weighted by Crippen LogP contribution is -2.36. The summed E-state index contributed by atoms with van der Waals surface area (Å²) in [5.41, 5.74) is 2.40. The number of carbonyl (C=O) groups is 1. The van der Waals surface area contributed by atoms with Crippen LogP contribution in [0.3, 0.4) is 0 Å². The van der Waals surface area contributed by atoms with E-state index in [0.717, 1.165) is 27.8 Å². The second kappa shape index (κ2) is 9.42. The molecule has 0 saturated heterocycles. The van der Waals surface area contributed by atoms with E-state index in [1.807, 2.05) is 44.2 Å². The lowest BCUT2D eigenvalue weighted by molar-refractivity contribution is -0.124. The summed E-state index contributed by atoms with van der Waals surface area (Å²) in [5, 5.41) is 2.62. The molecule has 7 nitrogen and oxygen atoms in total. The van der Waals surface area contributed by atoms with Gasteiger partial charge in [-0.25, -0.2) is 8.42 Å². The zero-order chi connectivity index (χ0) is 21.7. The van der Waals surface area contributed by atoms with Crippen LogP contribution >= 0.6 is 0 Å². The average molecular weight is 431 g/mol. The van der Waals surface area contributed by atoms with Crippen molar-refractivity contribution in [3.8, 4) is 5.75 Å². The van der Waals surface area contributed by atoms with Crippen LogP contribution in [0.2, 0.25) is 0 Å². The lowest BCUT2D eigenvalue weighted by Gasteiger charge is -2.32. The molecule has 0 aliphatic carbocycles. The van der Waals surface area contributed by atoms with E-state index >= 15 is 0 Å². The highest BCUT2D eigenvalue weighted by Gasteiger charge is 2.33. The summed E-state index contributed by atoms with van der Waals surface area (Å²) in [6, 6.07) is 13.5. The minimum absolute atomic E-state index is 0.0930. The van der Waals surface area contributed by atoms with Crippen LogP contribution in [0.5, 0.6) is 5.75 Å². The maximum absolute atomic E-state index is 13.1. The van der Waals surface area contributed by atoms with Crippen LogP contribution in [0.4, 0.5) is 5.69 Å². The SMILES string of the molecule is CCOc1ccc(C2ON(S(=O)(=O)c3ccc(NC(C)=O)cc3)CC=C2CC)cc1. The van der Waals surface area contributed by atoms with Crippen LogP contribution in [0.25, 0.3) is 0 Å². The minimum atomic E-state index is -3.87. The molecule has 0 spiro atoms. The quantitative estimate of drug-likeness (QED) is 0.670. The number of nitrogens with one attached hydrogen (secondary N) is 1. The molecule has 8 heteroatoms. The van der Waals surface area contributed by atoms with Crippen molar-refractivity contribution in [3.05, 3.63) is 65.7 Å². The third-order valence-corrected chi connectivity index (χ3v) is 6.34. The van der Waals surface area contributed by atoms with Gasteiger partial charge in [0.2, 0.25) is 5.91 Å². The second-order valence-corrected chi connectivity index (χ2v) is 8.64. The number of hydroxylamine groups is 1. The zero-order valence-electron chi connectivity index (χ0n) is 17.3. The van der Waals surface area contributed by atoms with Crippen molar-refractivity contribution in [2.45, 2.75) is 38.2 Å². The smallest absolute Gasteiger partial charge is 0.265 e. The van der Waals surface area contributed by atoms with Crippen molar-refractivity contribution < 1.29 is 22.8 Å². The number of sulfonamides is 1. The fourth-order valence-electron chi connectivity index (χ4n) is 3.22. The van der Waals surface area contributed by atoms with Crippen molar-refractivity contribution in [3.63, 3.8) is 0 Å². The molecule has 0 aromatic heterocycles.